The molecule has 1 atom stereocenters. The molecule has 0 heterocycles. The van der Waals surface area contributed by atoms with Gasteiger partial charge in [0.1, 0.15) is 24.2 Å². The largest absolute Gasteiger partial charge is 0.497 e. The fourth-order valence-corrected chi connectivity index (χ4v) is 5.64. The number of rotatable bonds is 10. The first-order chi connectivity index (χ1) is 19.1. The van der Waals surface area contributed by atoms with E-state index in [-0.39, 0.29) is 22.2 Å². The number of halogens is 3. The lowest BCUT2D eigenvalue weighted by Gasteiger charge is -2.33. The molecule has 8 nitrogen and oxygen atoms in total. The molecule has 0 aromatic heterocycles. The SMILES string of the molecule is COc1ccc(S(=O)(=O)N(CC(=O)N(Cc2ccc(Cl)c(Cl)c2)C(C)C(=O)NC(C)(C)C)c2ccc(F)cc2)cc1. The summed E-state index contributed by atoms with van der Waals surface area (Å²) in [5.74, 6) is -1.23. The van der Waals surface area contributed by atoms with Gasteiger partial charge in [0.25, 0.3) is 10.0 Å². The van der Waals surface area contributed by atoms with E-state index >= 15 is 0 Å². The molecule has 0 fully saturated rings. The van der Waals surface area contributed by atoms with E-state index < -0.39 is 45.8 Å². The van der Waals surface area contributed by atoms with E-state index in [1.54, 1.807) is 45.9 Å². The third kappa shape index (κ3) is 8.34. The van der Waals surface area contributed by atoms with Crippen LogP contribution in [0.3, 0.4) is 0 Å². The summed E-state index contributed by atoms with van der Waals surface area (Å²) < 4.78 is 47.4. The Morgan fingerprint density at radius 1 is 0.976 bits per heavy atom. The van der Waals surface area contributed by atoms with E-state index in [1.807, 2.05) is 0 Å². The van der Waals surface area contributed by atoms with Crippen LogP contribution in [0.1, 0.15) is 33.3 Å². The standard InChI is InChI=1S/C29H32Cl2FN3O5S/c1-19(28(37)33-29(2,3)4)34(17-20-6-15-25(30)26(31)16-20)27(36)18-35(22-9-7-21(32)8-10-22)41(38,39)24-13-11-23(40-5)12-14-24/h6-16,19H,17-18H2,1-5H3,(H,33,37). The number of amides is 2. The molecule has 1 unspecified atom stereocenters. The minimum atomic E-state index is -4.31. The van der Waals surface area contributed by atoms with Crippen molar-refractivity contribution in [2.45, 2.75) is 50.7 Å². The van der Waals surface area contributed by atoms with Crippen molar-refractivity contribution in [1.29, 1.82) is 0 Å². The molecule has 0 aliphatic heterocycles. The highest BCUT2D eigenvalue weighted by Crippen LogP contribution is 2.27. The van der Waals surface area contributed by atoms with Gasteiger partial charge in [-0.1, -0.05) is 29.3 Å². The number of nitrogens with one attached hydrogen (secondary N) is 1. The van der Waals surface area contributed by atoms with E-state index in [0.29, 0.717) is 16.3 Å². The molecule has 220 valence electrons. The van der Waals surface area contributed by atoms with E-state index in [0.717, 1.165) is 16.4 Å². The molecule has 41 heavy (non-hydrogen) atoms. The van der Waals surface area contributed by atoms with Gasteiger partial charge in [-0.05, 0) is 93.9 Å². The molecule has 12 heteroatoms. The van der Waals surface area contributed by atoms with Crippen molar-refractivity contribution >= 4 is 50.7 Å². The maximum atomic E-state index is 13.9. The highest BCUT2D eigenvalue weighted by molar-refractivity contribution is 7.92. The van der Waals surface area contributed by atoms with Crippen molar-refractivity contribution in [2.24, 2.45) is 0 Å². The fourth-order valence-electron chi connectivity index (χ4n) is 3.90. The molecule has 2 amide bonds. The smallest absolute Gasteiger partial charge is 0.264 e. The average molecular weight is 625 g/mol. The first-order valence-corrected chi connectivity index (χ1v) is 14.8. The van der Waals surface area contributed by atoms with Crippen LogP contribution < -0.4 is 14.4 Å². The fraction of sp³-hybridized carbons (Fsp3) is 0.310. The minimum absolute atomic E-state index is 0.0612. The highest BCUT2D eigenvalue weighted by Gasteiger charge is 2.33. The highest BCUT2D eigenvalue weighted by atomic mass is 35.5. The zero-order valence-corrected chi connectivity index (χ0v) is 25.6. The number of sulfonamides is 1. The number of hydrogen-bond acceptors (Lipinski definition) is 5. The van der Waals surface area contributed by atoms with Gasteiger partial charge in [-0.25, -0.2) is 12.8 Å². The van der Waals surface area contributed by atoms with Gasteiger partial charge < -0.3 is 15.0 Å². The monoisotopic (exact) mass is 623 g/mol. The Hall–Kier alpha value is -3.34. The van der Waals surface area contributed by atoms with E-state index in [9.17, 15) is 22.4 Å². The first-order valence-electron chi connectivity index (χ1n) is 12.6. The van der Waals surface area contributed by atoms with Crippen LogP contribution in [0.25, 0.3) is 0 Å². The normalized spacial score (nSPS) is 12.4. The van der Waals surface area contributed by atoms with Crippen LogP contribution in [-0.2, 0) is 26.2 Å². The Kier molecular flexibility index (Phi) is 10.3. The van der Waals surface area contributed by atoms with Crippen LogP contribution in [0.15, 0.2) is 71.6 Å². The molecule has 3 aromatic carbocycles. The average Bonchev–Trinajstić information content (AvgIpc) is 2.91. The molecule has 0 aliphatic carbocycles. The van der Waals surface area contributed by atoms with E-state index in [1.165, 1.54) is 48.4 Å². The number of methoxy groups -OCH3 is 1. The second kappa shape index (κ2) is 13.1. The zero-order chi connectivity index (χ0) is 30.5. The van der Waals surface area contributed by atoms with Crippen LogP contribution >= 0.6 is 23.2 Å². The van der Waals surface area contributed by atoms with Gasteiger partial charge in [0.2, 0.25) is 11.8 Å². The van der Waals surface area contributed by atoms with Gasteiger partial charge in [0, 0.05) is 12.1 Å². The van der Waals surface area contributed by atoms with Gasteiger partial charge in [0.15, 0.2) is 0 Å². The number of hydrogen-bond donors (Lipinski definition) is 1. The maximum absolute atomic E-state index is 13.9. The minimum Gasteiger partial charge on any atom is -0.497 e. The summed E-state index contributed by atoms with van der Waals surface area (Å²) in [5, 5.41) is 3.44. The molecule has 0 aliphatic rings. The van der Waals surface area contributed by atoms with Gasteiger partial charge in [-0.15, -0.1) is 0 Å². The van der Waals surface area contributed by atoms with Crippen LogP contribution in [-0.4, -0.2) is 50.4 Å². The summed E-state index contributed by atoms with van der Waals surface area (Å²) in [7, 11) is -2.86. The Bertz CT molecular complexity index is 1490. The van der Waals surface area contributed by atoms with Crippen molar-refractivity contribution in [3.05, 3.63) is 88.2 Å². The van der Waals surface area contributed by atoms with Gasteiger partial charge in [0.05, 0.1) is 27.7 Å². The number of carbonyl (C=O) groups excluding carboxylic acids is 2. The molecule has 1 N–H and O–H groups in total. The number of anilines is 1. The molecule has 0 bridgehead atoms. The lowest BCUT2D eigenvalue weighted by molar-refractivity contribution is -0.140. The third-order valence-electron chi connectivity index (χ3n) is 6.04. The molecule has 3 aromatic rings. The topological polar surface area (TPSA) is 96.0 Å². The summed E-state index contributed by atoms with van der Waals surface area (Å²) in [6.45, 7) is 6.24. The summed E-state index contributed by atoms with van der Waals surface area (Å²) in [5.41, 5.74) is 0.0629. The predicted molar refractivity (Wildman–Crippen MR) is 158 cm³/mol. The van der Waals surface area contributed by atoms with Crippen LogP contribution in [0, 0.1) is 5.82 Å². The summed E-state index contributed by atoms with van der Waals surface area (Å²) in [4.78, 5) is 28.2. The predicted octanol–water partition coefficient (Wildman–Crippen LogP) is 5.67. The lowest BCUT2D eigenvalue weighted by atomic mass is 10.1. The summed E-state index contributed by atoms with van der Waals surface area (Å²) in [6, 6.07) is 14.2. The Balaban J connectivity index is 2.05. The van der Waals surface area contributed by atoms with Crippen molar-refractivity contribution in [3.63, 3.8) is 0 Å². The number of nitrogens with zero attached hydrogens (tertiary/aromatic N) is 2. The van der Waals surface area contributed by atoms with Crippen molar-refractivity contribution < 1.29 is 27.1 Å². The molecule has 0 radical (unpaired) electrons. The number of carbonyl (C=O) groups is 2. The molecule has 0 saturated carbocycles. The number of ether oxygens (including phenoxy) is 1. The molecular formula is C29H32Cl2FN3O5S. The third-order valence-corrected chi connectivity index (χ3v) is 8.57. The van der Waals surface area contributed by atoms with Crippen LogP contribution in [0.2, 0.25) is 10.0 Å². The molecule has 0 saturated heterocycles. The van der Waals surface area contributed by atoms with Crippen molar-refractivity contribution in [1.82, 2.24) is 10.2 Å². The van der Waals surface area contributed by atoms with E-state index in [2.05, 4.69) is 5.32 Å². The Morgan fingerprint density at radius 3 is 2.12 bits per heavy atom. The quantitative estimate of drug-likeness (QED) is 0.314. The first kappa shape index (κ1) is 32.2. The number of benzene rings is 3. The lowest BCUT2D eigenvalue weighted by Crippen LogP contribution is -2.54. The van der Waals surface area contributed by atoms with Gasteiger partial charge in [-0.2, -0.15) is 0 Å². The van der Waals surface area contributed by atoms with Crippen LogP contribution in [0.5, 0.6) is 5.75 Å². The Morgan fingerprint density at radius 2 is 1.59 bits per heavy atom. The zero-order valence-electron chi connectivity index (χ0n) is 23.3. The van der Waals surface area contributed by atoms with Gasteiger partial charge >= 0.3 is 0 Å². The molecule has 3 rings (SSSR count). The summed E-state index contributed by atoms with van der Waals surface area (Å²) in [6.07, 6.45) is 0. The second-order valence-corrected chi connectivity index (χ2v) is 13.0. The molecule has 0 spiro atoms. The van der Waals surface area contributed by atoms with Crippen LogP contribution in [0.4, 0.5) is 10.1 Å². The van der Waals surface area contributed by atoms with Crippen molar-refractivity contribution in [3.8, 4) is 5.75 Å². The van der Waals surface area contributed by atoms with Gasteiger partial charge in [-0.3, -0.25) is 13.9 Å². The molecular weight excluding hydrogens is 592 g/mol. The van der Waals surface area contributed by atoms with Crippen molar-refractivity contribution in [2.75, 3.05) is 18.0 Å². The summed E-state index contributed by atoms with van der Waals surface area (Å²) >= 11 is 12.2. The Labute approximate surface area is 250 Å². The van der Waals surface area contributed by atoms with E-state index in [4.69, 9.17) is 27.9 Å². The maximum Gasteiger partial charge on any atom is 0.264 e. The second-order valence-electron chi connectivity index (χ2n) is 10.3.